The fraction of sp³-hybridized carbons (Fsp3) is 0.400. The summed E-state index contributed by atoms with van der Waals surface area (Å²) in [7, 11) is 3.17. The zero-order valence-electron chi connectivity index (χ0n) is 15.3. The lowest BCUT2D eigenvalue weighted by molar-refractivity contribution is 0.0701. The van der Waals surface area contributed by atoms with Crippen LogP contribution in [0.1, 0.15) is 28.8 Å². The molecule has 3 rings (SSSR count). The number of carbonyl (C=O) groups is 1. The number of pyridine rings is 1. The number of rotatable bonds is 6. The Bertz CT molecular complexity index is 728. The van der Waals surface area contributed by atoms with Gasteiger partial charge in [-0.05, 0) is 36.6 Å². The minimum Gasteiger partial charge on any atom is -0.497 e. The van der Waals surface area contributed by atoms with Gasteiger partial charge in [0.2, 0.25) is 0 Å². The SMILES string of the molecule is COc1ccc(C(=O)N2CCC(NCc3cccnc3)CC2)c(OC)c1. The zero-order valence-corrected chi connectivity index (χ0v) is 15.3. The summed E-state index contributed by atoms with van der Waals surface area (Å²) in [5.74, 6) is 1.23. The normalized spacial score (nSPS) is 14.9. The molecule has 0 saturated carbocycles. The third-order valence-corrected chi connectivity index (χ3v) is 4.74. The van der Waals surface area contributed by atoms with E-state index in [4.69, 9.17) is 9.47 Å². The largest absolute Gasteiger partial charge is 0.497 e. The number of hydrogen-bond acceptors (Lipinski definition) is 5. The second-order valence-electron chi connectivity index (χ2n) is 6.37. The molecule has 1 saturated heterocycles. The van der Waals surface area contributed by atoms with E-state index in [1.165, 1.54) is 5.56 Å². The van der Waals surface area contributed by atoms with Crippen molar-refractivity contribution in [1.82, 2.24) is 15.2 Å². The number of likely N-dealkylation sites (tertiary alicyclic amines) is 1. The molecule has 1 fully saturated rings. The molecule has 0 unspecified atom stereocenters. The van der Waals surface area contributed by atoms with Crippen LogP contribution in [0.5, 0.6) is 11.5 Å². The van der Waals surface area contributed by atoms with Crippen LogP contribution < -0.4 is 14.8 Å². The molecule has 1 aromatic heterocycles. The molecule has 6 nitrogen and oxygen atoms in total. The van der Waals surface area contributed by atoms with E-state index in [-0.39, 0.29) is 5.91 Å². The number of benzene rings is 1. The maximum absolute atomic E-state index is 12.8. The Labute approximate surface area is 154 Å². The van der Waals surface area contributed by atoms with Crippen molar-refractivity contribution >= 4 is 5.91 Å². The topological polar surface area (TPSA) is 63.7 Å². The summed E-state index contributed by atoms with van der Waals surface area (Å²) in [6, 6.07) is 9.73. The molecule has 1 aliphatic rings. The number of amides is 1. The fourth-order valence-electron chi connectivity index (χ4n) is 3.20. The maximum Gasteiger partial charge on any atom is 0.257 e. The number of piperidine rings is 1. The van der Waals surface area contributed by atoms with E-state index in [0.29, 0.717) is 23.1 Å². The molecular weight excluding hydrogens is 330 g/mol. The van der Waals surface area contributed by atoms with Crippen molar-refractivity contribution in [3.63, 3.8) is 0 Å². The standard InChI is InChI=1S/C20H25N3O3/c1-25-17-5-6-18(19(12-17)26-2)20(24)23-10-7-16(8-11-23)22-14-15-4-3-9-21-13-15/h3-6,9,12-13,16,22H,7-8,10-11,14H2,1-2H3. The first-order valence-electron chi connectivity index (χ1n) is 8.85. The van der Waals surface area contributed by atoms with Gasteiger partial charge in [-0.1, -0.05) is 6.07 Å². The molecule has 138 valence electrons. The molecule has 1 N–H and O–H groups in total. The Hall–Kier alpha value is -2.60. The number of ether oxygens (including phenoxy) is 2. The molecule has 2 heterocycles. The van der Waals surface area contributed by atoms with Crippen molar-refractivity contribution in [2.24, 2.45) is 0 Å². The monoisotopic (exact) mass is 355 g/mol. The Morgan fingerprint density at radius 3 is 2.69 bits per heavy atom. The van der Waals surface area contributed by atoms with E-state index in [0.717, 1.165) is 32.5 Å². The average molecular weight is 355 g/mol. The quantitative estimate of drug-likeness (QED) is 0.863. The van der Waals surface area contributed by atoms with Gasteiger partial charge < -0.3 is 19.7 Å². The van der Waals surface area contributed by atoms with Gasteiger partial charge in [0, 0.05) is 44.1 Å². The third-order valence-electron chi connectivity index (χ3n) is 4.74. The highest BCUT2D eigenvalue weighted by atomic mass is 16.5. The van der Waals surface area contributed by atoms with Crippen molar-refractivity contribution in [2.75, 3.05) is 27.3 Å². The van der Waals surface area contributed by atoms with Crippen molar-refractivity contribution in [1.29, 1.82) is 0 Å². The minimum atomic E-state index is 0.00946. The summed E-state index contributed by atoms with van der Waals surface area (Å²) < 4.78 is 10.6. The maximum atomic E-state index is 12.8. The van der Waals surface area contributed by atoms with Crippen LogP contribution in [0.2, 0.25) is 0 Å². The molecular formula is C20H25N3O3. The lowest BCUT2D eigenvalue weighted by atomic mass is 10.0. The summed E-state index contributed by atoms with van der Waals surface area (Å²) in [5.41, 5.74) is 1.75. The van der Waals surface area contributed by atoms with E-state index >= 15 is 0 Å². The minimum absolute atomic E-state index is 0.00946. The first-order chi connectivity index (χ1) is 12.7. The zero-order chi connectivity index (χ0) is 18.4. The van der Waals surface area contributed by atoms with Gasteiger partial charge in [-0.25, -0.2) is 0 Å². The number of aromatic nitrogens is 1. The molecule has 0 spiro atoms. The molecule has 6 heteroatoms. The van der Waals surface area contributed by atoms with Crippen molar-refractivity contribution in [3.8, 4) is 11.5 Å². The molecule has 2 aromatic rings. The molecule has 0 bridgehead atoms. The van der Waals surface area contributed by atoms with Crippen LogP contribution in [0, 0.1) is 0 Å². The first kappa shape index (κ1) is 18.2. The lowest BCUT2D eigenvalue weighted by Crippen LogP contribution is -2.44. The second kappa shape index (κ2) is 8.67. The Morgan fingerprint density at radius 1 is 1.23 bits per heavy atom. The van der Waals surface area contributed by atoms with Gasteiger partial charge in [0.25, 0.3) is 5.91 Å². The second-order valence-corrected chi connectivity index (χ2v) is 6.37. The van der Waals surface area contributed by atoms with Crippen LogP contribution in [0.3, 0.4) is 0 Å². The van der Waals surface area contributed by atoms with Gasteiger partial charge in [0.1, 0.15) is 11.5 Å². The van der Waals surface area contributed by atoms with E-state index in [2.05, 4.69) is 16.4 Å². The number of nitrogens with one attached hydrogen (secondary N) is 1. The summed E-state index contributed by atoms with van der Waals surface area (Å²) >= 11 is 0. The first-order valence-corrected chi connectivity index (χ1v) is 8.85. The van der Waals surface area contributed by atoms with E-state index in [9.17, 15) is 4.79 Å². The van der Waals surface area contributed by atoms with Gasteiger partial charge in [-0.2, -0.15) is 0 Å². The Balaban J connectivity index is 1.55. The number of nitrogens with zero attached hydrogens (tertiary/aromatic N) is 2. The van der Waals surface area contributed by atoms with Gasteiger partial charge in [0.15, 0.2) is 0 Å². The average Bonchev–Trinajstić information content (AvgIpc) is 2.72. The number of methoxy groups -OCH3 is 2. The fourth-order valence-corrected chi connectivity index (χ4v) is 3.20. The Kier molecular flexibility index (Phi) is 6.07. The summed E-state index contributed by atoms with van der Waals surface area (Å²) in [6.45, 7) is 2.27. The van der Waals surface area contributed by atoms with E-state index in [1.54, 1.807) is 38.6 Å². The highest BCUT2D eigenvalue weighted by Crippen LogP contribution is 2.26. The smallest absolute Gasteiger partial charge is 0.257 e. The van der Waals surface area contributed by atoms with Crippen LogP contribution in [0.15, 0.2) is 42.7 Å². The lowest BCUT2D eigenvalue weighted by Gasteiger charge is -2.33. The molecule has 0 aliphatic carbocycles. The predicted octanol–water partition coefficient (Wildman–Crippen LogP) is 2.49. The van der Waals surface area contributed by atoms with Crippen molar-refractivity contribution < 1.29 is 14.3 Å². The molecule has 0 atom stereocenters. The summed E-state index contributed by atoms with van der Waals surface area (Å²) in [6.07, 6.45) is 5.53. The predicted molar refractivity (Wildman–Crippen MR) is 99.5 cm³/mol. The van der Waals surface area contributed by atoms with Crippen LogP contribution >= 0.6 is 0 Å². The highest BCUT2D eigenvalue weighted by molar-refractivity contribution is 5.97. The van der Waals surface area contributed by atoms with Gasteiger partial charge in [-0.15, -0.1) is 0 Å². The van der Waals surface area contributed by atoms with Gasteiger partial charge in [0.05, 0.1) is 19.8 Å². The molecule has 0 radical (unpaired) electrons. The highest BCUT2D eigenvalue weighted by Gasteiger charge is 2.25. The Morgan fingerprint density at radius 2 is 2.04 bits per heavy atom. The molecule has 1 amide bonds. The van der Waals surface area contributed by atoms with E-state index in [1.807, 2.05) is 17.2 Å². The van der Waals surface area contributed by atoms with E-state index < -0.39 is 0 Å². The third kappa shape index (κ3) is 4.32. The molecule has 1 aromatic carbocycles. The molecule has 1 aliphatic heterocycles. The van der Waals surface area contributed by atoms with Crippen LogP contribution in [0.4, 0.5) is 0 Å². The van der Waals surface area contributed by atoms with Gasteiger partial charge in [-0.3, -0.25) is 9.78 Å². The van der Waals surface area contributed by atoms with Crippen molar-refractivity contribution in [2.45, 2.75) is 25.4 Å². The number of carbonyl (C=O) groups excluding carboxylic acids is 1. The van der Waals surface area contributed by atoms with Crippen molar-refractivity contribution in [3.05, 3.63) is 53.9 Å². The van der Waals surface area contributed by atoms with Crippen LogP contribution in [-0.2, 0) is 6.54 Å². The van der Waals surface area contributed by atoms with Crippen LogP contribution in [-0.4, -0.2) is 49.1 Å². The summed E-state index contributed by atoms with van der Waals surface area (Å²) in [4.78, 5) is 18.9. The summed E-state index contributed by atoms with van der Waals surface area (Å²) in [5, 5.41) is 3.56. The van der Waals surface area contributed by atoms with Gasteiger partial charge >= 0.3 is 0 Å². The van der Waals surface area contributed by atoms with Crippen LogP contribution in [0.25, 0.3) is 0 Å². The number of hydrogen-bond donors (Lipinski definition) is 1. The molecule has 26 heavy (non-hydrogen) atoms.